The van der Waals surface area contributed by atoms with Gasteiger partial charge in [-0.3, -0.25) is 9.59 Å². The Bertz CT molecular complexity index is 1000. The van der Waals surface area contributed by atoms with Gasteiger partial charge in [0.25, 0.3) is 11.7 Å². The van der Waals surface area contributed by atoms with E-state index >= 15 is 0 Å². The largest absolute Gasteiger partial charge is 0.507 e. The minimum Gasteiger partial charge on any atom is -0.507 e. The van der Waals surface area contributed by atoms with Crippen LogP contribution in [0.25, 0.3) is 5.76 Å². The van der Waals surface area contributed by atoms with E-state index in [-0.39, 0.29) is 28.5 Å². The molecule has 0 saturated carbocycles. The lowest BCUT2D eigenvalue weighted by Crippen LogP contribution is -2.35. The number of aliphatic hydroxyl groups is 1. The number of carbonyl (C=O) groups excluding carboxylic acids is 2. The van der Waals surface area contributed by atoms with Crippen molar-refractivity contribution in [2.24, 2.45) is 0 Å². The van der Waals surface area contributed by atoms with Crippen LogP contribution in [0.3, 0.4) is 0 Å². The molecule has 1 fully saturated rings. The second-order valence-corrected chi connectivity index (χ2v) is 7.89. The van der Waals surface area contributed by atoms with E-state index in [0.717, 1.165) is 0 Å². The van der Waals surface area contributed by atoms with E-state index in [1.54, 1.807) is 24.3 Å². The van der Waals surface area contributed by atoms with Crippen molar-refractivity contribution in [1.82, 2.24) is 9.80 Å². The summed E-state index contributed by atoms with van der Waals surface area (Å²) in [5.41, 5.74) is 0.447. The molecule has 0 bridgehead atoms. The molecular weight excluding hydrogens is 415 g/mol. The summed E-state index contributed by atoms with van der Waals surface area (Å²) in [5.74, 6) is -2.29. The standard InChI is InChI=1S/C21H20Cl2N2O4/c1-24(2)8-9-25-18(12-4-3-5-13(22)10-12)17(20(28)21(25)29)19(27)15-11-14(23)6-7-16(15)26/h3-7,10-11,18,26-27H,8-9H2,1-2H3. The summed E-state index contributed by atoms with van der Waals surface area (Å²) in [7, 11) is 3.71. The monoisotopic (exact) mass is 434 g/mol. The molecule has 29 heavy (non-hydrogen) atoms. The van der Waals surface area contributed by atoms with Crippen LogP contribution in [0.15, 0.2) is 48.0 Å². The van der Waals surface area contributed by atoms with Crippen molar-refractivity contribution < 1.29 is 19.8 Å². The van der Waals surface area contributed by atoms with Gasteiger partial charge in [0.2, 0.25) is 0 Å². The van der Waals surface area contributed by atoms with Crippen LogP contribution in [-0.2, 0) is 9.59 Å². The molecule has 3 rings (SSSR count). The van der Waals surface area contributed by atoms with E-state index in [9.17, 15) is 19.8 Å². The van der Waals surface area contributed by atoms with Crippen LogP contribution in [-0.4, -0.2) is 58.9 Å². The number of likely N-dealkylation sites (tertiary alicyclic amines) is 1. The number of aliphatic hydroxyl groups excluding tert-OH is 1. The van der Waals surface area contributed by atoms with Crippen LogP contribution >= 0.6 is 23.2 Å². The van der Waals surface area contributed by atoms with Gasteiger partial charge in [-0.25, -0.2) is 0 Å². The van der Waals surface area contributed by atoms with Crippen molar-refractivity contribution in [3.8, 4) is 5.75 Å². The molecule has 2 aromatic rings. The Morgan fingerprint density at radius 1 is 1.10 bits per heavy atom. The predicted octanol–water partition coefficient (Wildman–Crippen LogP) is 3.68. The maximum atomic E-state index is 12.9. The third-order valence-electron chi connectivity index (χ3n) is 4.71. The first kappa shape index (κ1) is 21.2. The van der Waals surface area contributed by atoms with Crippen molar-refractivity contribution in [1.29, 1.82) is 0 Å². The number of ketones is 1. The van der Waals surface area contributed by atoms with Crippen molar-refractivity contribution in [3.05, 3.63) is 69.2 Å². The van der Waals surface area contributed by atoms with Gasteiger partial charge in [-0.2, -0.15) is 0 Å². The number of nitrogens with zero attached hydrogens (tertiary/aromatic N) is 2. The zero-order valence-electron chi connectivity index (χ0n) is 15.9. The summed E-state index contributed by atoms with van der Waals surface area (Å²) in [5, 5.41) is 21.8. The fourth-order valence-electron chi connectivity index (χ4n) is 3.28. The van der Waals surface area contributed by atoms with Gasteiger partial charge in [0.15, 0.2) is 0 Å². The number of carbonyl (C=O) groups is 2. The van der Waals surface area contributed by atoms with E-state index in [0.29, 0.717) is 17.1 Å². The summed E-state index contributed by atoms with van der Waals surface area (Å²) in [6.45, 7) is 0.791. The number of phenols is 1. The molecule has 0 aromatic heterocycles. The first-order chi connectivity index (χ1) is 13.7. The van der Waals surface area contributed by atoms with Gasteiger partial charge >= 0.3 is 0 Å². The maximum absolute atomic E-state index is 12.9. The van der Waals surface area contributed by atoms with Crippen LogP contribution in [0.1, 0.15) is 17.2 Å². The lowest BCUT2D eigenvalue weighted by atomic mass is 9.95. The molecule has 8 heteroatoms. The van der Waals surface area contributed by atoms with Crippen LogP contribution in [0.5, 0.6) is 5.75 Å². The lowest BCUT2D eigenvalue weighted by molar-refractivity contribution is -0.140. The Morgan fingerprint density at radius 3 is 2.45 bits per heavy atom. The zero-order valence-corrected chi connectivity index (χ0v) is 17.4. The molecule has 2 N–H and O–H groups in total. The van der Waals surface area contributed by atoms with Crippen LogP contribution < -0.4 is 0 Å². The van der Waals surface area contributed by atoms with Crippen molar-refractivity contribution in [2.75, 3.05) is 27.2 Å². The predicted molar refractivity (Wildman–Crippen MR) is 112 cm³/mol. The second kappa shape index (κ2) is 8.45. The van der Waals surface area contributed by atoms with E-state index in [2.05, 4.69) is 0 Å². The number of phenolic OH excluding ortho intramolecular Hbond substituents is 1. The lowest BCUT2D eigenvalue weighted by Gasteiger charge is -2.26. The fourth-order valence-corrected chi connectivity index (χ4v) is 3.66. The number of benzene rings is 2. The average molecular weight is 435 g/mol. The summed E-state index contributed by atoms with van der Waals surface area (Å²) in [4.78, 5) is 28.9. The van der Waals surface area contributed by atoms with E-state index in [1.807, 2.05) is 19.0 Å². The van der Waals surface area contributed by atoms with Crippen LogP contribution in [0, 0.1) is 0 Å². The third-order valence-corrected chi connectivity index (χ3v) is 5.18. The molecule has 1 heterocycles. The molecule has 1 saturated heterocycles. The van der Waals surface area contributed by atoms with Gasteiger partial charge in [-0.05, 0) is 50.0 Å². The molecule has 152 valence electrons. The quantitative estimate of drug-likeness (QED) is 0.426. The van der Waals surface area contributed by atoms with Crippen molar-refractivity contribution >= 4 is 40.7 Å². The number of amides is 1. The Morgan fingerprint density at radius 2 is 1.79 bits per heavy atom. The number of aromatic hydroxyl groups is 1. The number of hydrogen-bond acceptors (Lipinski definition) is 5. The van der Waals surface area contributed by atoms with Crippen LogP contribution in [0.4, 0.5) is 0 Å². The summed E-state index contributed by atoms with van der Waals surface area (Å²) in [6, 6.07) is 10.0. The number of rotatable bonds is 5. The Kier molecular flexibility index (Phi) is 6.17. The molecule has 0 spiro atoms. The maximum Gasteiger partial charge on any atom is 0.295 e. The molecule has 1 unspecified atom stereocenters. The Hall–Kier alpha value is -2.54. The first-order valence-electron chi connectivity index (χ1n) is 8.88. The average Bonchev–Trinajstić information content (AvgIpc) is 2.92. The number of Topliss-reactive ketones (excluding diaryl/α,β-unsaturated/α-hetero) is 1. The van der Waals surface area contributed by atoms with Crippen molar-refractivity contribution in [3.63, 3.8) is 0 Å². The third kappa shape index (κ3) is 4.24. The minimum absolute atomic E-state index is 0.0184. The normalized spacial score (nSPS) is 18.7. The molecule has 0 radical (unpaired) electrons. The van der Waals surface area contributed by atoms with Crippen molar-refractivity contribution in [2.45, 2.75) is 6.04 Å². The topological polar surface area (TPSA) is 81.1 Å². The summed E-state index contributed by atoms with van der Waals surface area (Å²) < 4.78 is 0. The van der Waals surface area contributed by atoms with Crippen LogP contribution in [0.2, 0.25) is 10.0 Å². The molecular formula is C21H20Cl2N2O4. The highest BCUT2D eigenvalue weighted by Gasteiger charge is 2.46. The first-order valence-corrected chi connectivity index (χ1v) is 9.63. The molecule has 1 aliphatic rings. The second-order valence-electron chi connectivity index (χ2n) is 7.01. The minimum atomic E-state index is -0.841. The highest BCUT2D eigenvalue weighted by molar-refractivity contribution is 6.46. The molecule has 0 aliphatic carbocycles. The van der Waals surface area contributed by atoms with Gasteiger partial charge in [0.1, 0.15) is 11.5 Å². The van der Waals surface area contributed by atoms with Gasteiger partial charge < -0.3 is 20.0 Å². The fraction of sp³-hybridized carbons (Fsp3) is 0.238. The molecule has 2 aromatic carbocycles. The van der Waals surface area contributed by atoms with Gasteiger partial charge in [0.05, 0.1) is 17.2 Å². The number of likely N-dealkylation sites (N-methyl/N-ethyl adjacent to an activating group) is 1. The van der Waals surface area contributed by atoms with E-state index < -0.39 is 23.5 Å². The van der Waals surface area contributed by atoms with Gasteiger partial charge in [-0.1, -0.05) is 35.3 Å². The SMILES string of the molecule is CN(C)CCN1C(=O)C(=O)C(=C(O)c2cc(Cl)ccc2O)C1c1cccc(Cl)c1. The van der Waals surface area contributed by atoms with E-state index in [1.165, 1.54) is 23.1 Å². The van der Waals surface area contributed by atoms with Gasteiger partial charge in [-0.15, -0.1) is 0 Å². The Balaban J connectivity index is 2.20. The summed E-state index contributed by atoms with van der Waals surface area (Å²) >= 11 is 12.1. The molecule has 1 amide bonds. The van der Waals surface area contributed by atoms with E-state index in [4.69, 9.17) is 23.2 Å². The highest BCUT2D eigenvalue weighted by Crippen LogP contribution is 2.41. The summed E-state index contributed by atoms with van der Waals surface area (Å²) in [6.07, 6.45) is 0. The number of hydrogen-bond donors (Lipinski definition) is 2. The molecule has 6 nitrogen and oxygen atoms in total. The molecule has 1 aliphatic heterocycles. The van der Waals surface area contributed by atoms with Gasteiger partial charge in [0, 0.05) is 23.1 Å². The molecule has 1 atom stereocenters. The number of halogens is 2. The zero-order chi connectivity index (χ0) is 21.3. The Labute approximate surface area is 178 Å². The highest BCUT2D eigenvalue weighted by atomic mass is 35.5. The smallest absolute Gasteiger partial charge is 0.295 e.